The summed E-state index contributed by atoms with van der Waals surface area (Å²) < 4.78 is 0. The number of hydrogen-bond donors (Lipinski definition) is 1. The molecular weight excluding hydrogens is 210 g/mol. The van der Waals surface area contributed by atoms with Crippen LogP contribution in [-0.2, 0) is 4.79 Å². The molecule has 88 valence electrons. The highest BCUT2D eigenvalue weighted by Gasteiger charge is 2.18. The Kier molecular flexibility index (Phi) is 5.47. The van der Waals surface area contributed by atoms with E-state index in [0.717, 1.165) is 25.9 Å². The van der Waals surface area contributed by atoms with Crippen LogP contribution in [-0.4, -0.2) is 46.1 Å². The third-order valence-corrected chi connectivity index (χ3v) is 4.19. The van der Waals surface area contributed by atoms with Gasteiger partial charge in [-0.2, -0.15) is 0 Å². The molecule has 0 aliphatic carbocycles. The lowest BCUT2D eigenvalue weighted by molar-refractivity contribution is -0.129. The Labute approximate surface area is 96.2 Å². The summed E-state index contributed by atoms with van der Waals surface area (Å²) in [5, 5.41) is 9.44. The minimum atomic E-state index is -0.343. The van der Waals surface area contributed by atoms with Gasteiger partial charge >= 0.3 is 0 Å². The smallest absolute Gasteiger partial charge is 0.232 e. The molecule has 1 aliphatic rings. The van der Waals surface area contributed by atoms with Crippen LogP contribution < -0.4 is 0 Å². The molecule has 0 spiro atoms. The normalized spacial score (nSPS) is 21.1. The first-order valence-electron chi connectivity index (χ1n) is 5.68. The molecule has 1 fully saturated rings. The highest BCUT2D eigenvalue weighted by molar-refractivity contribution is 8.00. The first-order chi connectivity index (χ1) is 7.11. The number of piperidine rings is 1. The first kappa shape index (κ1) is 12.8. The van der Waals surface area contributed by atoms with E-state index in [1.165, 1.54) is 6.42 Å². The highest BCUT2D eigenvalue weighted by atomic mass is 32.2. The number of thioether (sulfide) groups is 1. The standard InChI is InChI=1S/C11H21NO2S/c1-9(13)10(2)15-8-11(14)12-6-4-3-5-7-12/h9-10,13H,3-8H2,1-2H3/t9-,10+/m1/s1. The number of aliphatic hydroxyl groups is 1. The van der Waals surface area contributed by atoms with E-state index in [1.54, 1.807) is 18.7 Å². The van der Waals surface area contributed by atoms with E-state index >= 15 is 0 Å². The minimum absolute atomic E-state index is 0.138. The van der Waals surface area contributed by atoms with Crippen molar-refractivity contribution < 1.29 is 9.90 Å². The van der Waals surface area contributed by atoms with E-state index in [-0.39, 0.29) is 17.3 Å². The van der Waals surface area contributed by atoms with E-state index in [0.29, 0.717) is 5.75 Å². The fraction of sp³-hybridized carbons (Fsp3) is 0.909. The molecule has 0 aromatic carbocycles. The van der Waals surface area contributed by atoms with Crippen molar-refractivity contribution in [1.82, 2.24) is 4.90 Å². The largest absolute Gasteiger partial charge is 0.392 e. The van der Waals surface area contributed by atoms with Gasteiger partial charge in [0.25, 0.3) is 0 Å². The Hall–Kier alpha value is -0.220. The fourth-order valence-corrected chi connectivity index (χ4v) is 2.44. The second-order valence-corrected chi connectivity index (χ2v) is 5.56. The van der Waals surface area contributed by atoms with Crippen LogP contribution in [0, 0.1) is 0 Å². The highest BCUT2D eigenvalue weighted by Crippen LogP contribution is 2.16. The summed E-state index contributed by atoms with van der Waals surface area (Å²) in [5.41, 5.74) is 0. The Balaban J connectivity index is 2.22. The summed E-state index contributed by atoms with van der Waals surface area (Å²) in [6, 6.07) is 0. The minimum Gasteiger partial charge on any atom is -0.392 e. The van der Waals surface area contributed by atoms with Crippen molar-refractivity contribution in [3.8, 4) is 0 Å². The lowest BCUT2D eigenvalue weighted by Crippen LogP contribution is -2.37. The van der Waals surface area contributed by atoms with Gasteiger partial charge in [0.1, 0.15) is 0 Å². The molecule has 1 aliphatic heterocycles. The zero-order valence-corrected chi connectivity index (χ0v) is 10.4. The van der Waals surface area contributed by atoms with Crippen molar-refractivity contribution in [2.75, 3.05) is 18.8 Å². The molecule has 0 radical (unpaired) electrons. The maximum absolute atomic E-state index is 11.7. The van der Waals surface area contributed by atoms with Crippen LogP contribution in [0.1, 0.15) is 33.1 Å². The van der Waals surface area contributed by atoms with Gasteiger partial charge in [0.15, 0.2) is 0 Å². The molecule has 0 saturated carbocycles. The van der Waals surface area contributed by atoms with Gasteiger partial charge < -0.3 is 10.0 Å². The molecule has 1 saturated heterocycles. The summed E-state index contributed by atoms with van der Waals surface area (Å²) in [6.45, 7) is 5.56. The van der Waals surface area contributed by atoms with E-state index < -0.39 is 0 Å². The van der Waals surface area contributed by atoms with Gasteiger partial charge in [0, 0.05) is 18.3 Å². The van der Waals surface area contributed by atoms with Gasteiger partial charge in [0.2, 0.25) is 5.91 Å². The van der Waals surface area contributed by atoms with Crippen molar-refractivity contribution in [2.45, 2.75) is 44.5 Å². The second kappa shape index (κ2) is 6.38. The van der Waals surface area contributed by atoms with Gasteiger partial charge in [-0.15, -0.1) is 11.8 Å². The molecule has 0 aromatic rings. The van der Waals surface area contributed by atoms with Crippen LogP contribution in [0.3, 0.4) is 0 Å². The van der Waals surface area contributed by atoms with Crippen LogP contribution in [0.5, 0.6) is 0 Å². The maximum atomic E-state index is 11.7. The van der Waals surface area contributed by atoms with Gasteiger partial charge in [-0.1, -0.05) is 6.92 Å². The van der Waals surface area contributed by atoms with Gasteiger partial charge in [-0.3, -0.25) is 4.79 Å². The van der Waals surface area contributed by atoms with Crippen molar-refractivity contribution in [3.05, 3.63) is 0 Å². The van der Waals surface area contributed by atoms with Crippen molar-refractivity contribution in [3.63, 3.8) is 0 Å². The van der Waals surface area contributed by atoms with Crippen LogP contribution >= 0.6 is 11.8 Å². The molecule has 1 rings (SSSR count). The number of aliphatic hydroxyl groups excluding tert-OH is 1. The quantitative estimate of drug-likeness (QED) is 0.797. The molecule has 0 unspecified atom stereocenters. The summed E-state index contributed by atoms with van der Waals surface area (Å²) >= 11 is 1.55. The maximum Gasteiger partial charge on any atom is 0.232 e. The van der Waals surface area contributed by atoms with Gasteiger partial charge in [-0.05, 0) is 26.2 Å². The van der Waals surface area contributed by atoms with E-state index in [1.807, 2.05) is 11.8 Å². The number of hydrogen-bond acceptors (Lipinski definition) is 3. The summed E-state index contributed by atoms with van der Waals surface area (Å²) in [6.07, 6.45) is 3.19. The number of carbonyl (C=O) groups is 1. The zero-order valence-electron chi connectivity index (χ0n) is 9.61. The van der Waals surface area contributed by atoms with E-state index in [9.17, 15) is 9.90 Å². The fourth-order valence-electron chi connectivity index (χ4n) is 1.58. The number of likely N-dealkylation sites (tertiary alicyclic amines) is 1. The average Bonchev–Trinajstić information content (AvgIpc) is 2.26. The summed E-state index contributed by atoms with van der Waals surface area (Å²) in [7, 11) is 0. The molecule has 15 heavy (non-hydrogen) atoms. The number of carbonyl (C=O) groups excluding carboxylic acids is 1. The lowest BCUT2D eigenvalue weighted by atomic mass is 10.1. The van der Waals surface area contributed by atoms with Gasteiger partial charge in [-0.25, -0.2) is 0 Å². The van der Waals surface area contributed by atoms with E-state index in [4.69, 9.17) is 0 Å². The molecular formula is C11H21NO2S. The molecule has 4 heteroatoms. The zero-order chi connectivity index (χ0) is 11.3. The predicted octanol–water partition coefficient (Wildman–Crippen LogP) is 1.50. The predicted molar refractivity (Wildman–Crippen MR) is 64.0 cm³/mol. The Morgan fingerprint density at radius 3 is 2.47 bits per heavy atom. The monoisotopic (exact) mass is 231 g/mol. The molecule has 3 nitrogen and oxygen atoms in total. The molecule has 1 N–H and O–H groups in total. The van der Waals surface area contributed by atoms with Crippen LogP contribution in [0.25, 0.3) is 0 Å². The van der Waals surface area contributed by atoms with Crippen molar-refractivity contribution in [1.29, 1.82) is 0 Å². The van der Waals surface area contributed by atoms with Crippen LogP contribution in [0.15, 0.2) is 0 Å². The average molecular weight is 231 g/mol. The molecule has 2 atom stereocenters. The Bertz CT molecular complexity index is 203. The van der Waals surface area contributed by atoms with Crippen LogP contribution in [0.4, 0.5) is 0 Å². The number of rotatable bonds is 4. The molecule has 1 amide bonds. The topological polar surface area (TPSA) is 40.5 Å². The van der Waals surface area contributed by atoms with E-state index in [2.05, 4.69) is 0 Å². The SMILES string of the molecule is C[C@H](SCC(=O)N1CCCCC1)[C@@H](C)O. The van der Waals surface area contributed by atoms with Crippen molar-refractivity contribution >= 4 is 17.7 Å². The summed E-state index contributed by atoms with van der Waals surface area (Å²) in [5.74, 6) is 0.735. The Morgan fingerprint density at radius 1 is 1.33 bits per heavy atom. The molecule has 1 heterocycles. The molecule has 0 bridgehead atoms. The number of nitrogens with zero attached hydrogens (tertiary/aromatic N) is 1. The summed E-state index contributed by atoms with van der Waals surface area (Å²) in [4.78, 5) is 13.7. The number of amides is 1. The Morgan fingerprint density at radius 2 is 1.93 bits per heavy atom. The second-order valence-electron chi connectivity index (χ2n) is 4.20. The molecule has 0 aromatic heterocycles. The first-order valence-corrected chi connectivity index (χ1v) is 6.73. The third kappa shape index (κ3) is 4.43. The van der Waals surface area contributed by atoms with Crippen molar-refractivity contribution in [2.24, 2.45) is 0 Å². The third-order valence-electron chi connectivity index (χ3n) is 2.86. The van der Waals surface area contributed by atoms with Gasteiger partial charge in [0.05, 0.1) is 11.9 Å². The lowest BCUT2D eigenvalue weighted by Gasteiger charge is -2.27. The van der Waals surface area contributed by atoms with Crippen LogP contribution in [0.2, 0.25) is 0 Å².